The van der Waals surface area contributed by atoms with E-state index in [4.69, 9.17) is 16.3 Å². The summed E-state index contributed by atoms with van der Waals surface area (Å²) in [4.78, 5) is 25.6. The van der Waals surface area contributed by atoms with Gasteiger partial charge in [-0.25, -0.2) is 4.98 Å². The summed E-state index contributed by atoms with van der Waals surface area (Å²) in [7, 11) is 0. The van der Waals surface area contributed by atoms with Crippen molar-refractivity contribution in [3.05, 3.63) is 82.6 Å². The van der Waals surface area contributed by atoms with Crippen molar-refractivity contribution < 1.29 is 9.53 Å². The lowest BCUT2D eigenvalue weighted by Gasteiger charge is -2.36. The molecule has 0 radical (unpaired) electrons. The first-order valence-electron chi connectivity index (χ1n) is 13.8. The average molecular weight is 564 g/mol. The van der Waals surface area contributed by atoms with Crippen molar-refractivity contribution in [1.82, 2.24) is 19.2 Å². The molecule has 1 atom stereocenters. The quantitative estimate of drug-likeness (QED) is 0.270. The van der Waals surface area contributed by atoms with Crippen LogP contribution < -0.4 is 9.64 Å². The largest absolute Gasteiger partial charge is 0.494 e. The topological polar surface area (TPSA) is 53.3 Å². The van der Waals surface area contributed by atoms with Gasteiger partial charge in [-0.3, -0.25) is 14.1 Å². The van der Waals surface area contributed by atoms with E-state index in [1.54, 1.807) is 11.3 Å². The van der Waals surface area contributed by atoms with E-state index in [1.807, 2.05) is 51.3 Å². The number of likely N-dealkylation sites (tertiary alicyclic amines) is 1. The zero-order valence-electron chi connectivity index (χ0n) is 22.0. The molecule has 1 amide bonds. The lowest BCUT2D eigenvalue weighted by atomic mass is 9.99. The highest BCUT2D eigenvalue weighted by molar-refractivity contribution is 7.15. The highest BCUT2D eigenvalue weighted by Crippen LogP contribution is 2.25. The van der Waals surface area contributed by atoms with Gasteiger partial charge in [0.25, 0.3) is 5.91 Å². The molecule has 4 aromatic rings. The third kappa shape index (κ3) is 6.24. The molecule has 0 N–H and O–H groups in total. The molecule has 204 valence electrons. The summed E-state index contributed by atoms with van der Waals surface area (Å²) in [5, 5.41) is 2.77. The molecule has 0 spiro atoms. The van der Waals surface area contributed by atoms with Crippen LogP contribution in [0.3, 0.4) is 0 Å². The lowest BCUT2D eigenvalue weighted by molar-refractivity contribution is 0.0575. The summed E-state index contributed by atoms with van der Waals surface area (Å²) < 4.78 is 8.12. The van der Waals surface area contributed by atoms with Crippen LogP contribution in [0.4, 0.5) is 5.69 Å². The standard InChI is InChI=1S/C30H34ClN5O2S/c31-24-6-4-8-26(20-24)34-14-12-33(13-15-34)21-23-5-3-9-27(19-23)38-17-10-25-7-1-2-11-36(25)29(37)28-22-35-16-18-39-30(35)32-28/h3-6,8-9,16,18-20,22,25H,1-2,7,10-15,17,21H2. The molecule has 2 aromatic carbocycles. The molecule has 2 saturated heterocycles. The summed E-state index contributed by atoms with van der Waals surface area (Å²) in [5.41, 5.74) is 2.99. The second-order valence-electron chi connectivity index (χ2n) is 10.4. The number of rotatable bonds is 8. The highest BCUT2D eigenvalue weighted by atomic mass is 35.5. The Balaban J connectivity index is 0.998. The van der Waals surface area contributed by atoms with E-state index >= 15 is 0 Å². The Morgan fingerprint density at radius 3 is 2.77 bits per heavy atom. The molecule has 39 heavy (non-hydrogen) atoms. The average Bonchev–Trinajstić information content (AvgIpc) is 3.57. The number of anilines is 1. The van der Waals surface area contributed by atoms with E-state index in [0.29, 0.717) is 12.3 Å². The molecule has 6 rings (SSSR count). The number of benzene rings is 2. The van der Waals surface area contributed by atoms with E-state index in [9.17, 15) is 4.79 Å². The summed E-state index contributed by atoms with van der Waals surface area (Å²) in [6.07, 6.45) is 7.81. The predicted molar refractivity (Wildman–Crippen MR) is 157 cm³/mol. The summed E-state index contributed by atoms with van der Waals surface area (Å²) in [5.74, 6) is 0.932. The van der Waals surface area contributed by atoms with Crippen LogP contribution in [-0.4, -0.2) is 70.5 Å². The van der Waals surface area contributed by atoms with Crippen molar-refractivity contribution >= 4 is 39.5 Å². The predicted octanol–water partition coefficient (Wildman–Crippen LogP) is 5.84. The van der Waals surface area contributed by atoms with E-state index in [0.717, 1.165) is 80.7 Å². The number of amides is 1. The van der Waals surface area contributed by atoms with E-state index in [-0.39, 0.29) is 11.9 Å². The number of halogens is 1. The van der Waals surface area contributed by atoms with Gasteiger partial charge in [-0.1, -0.05) is 29.8 Å². The molecule has 0 aliphatic carbocycles. The SMILES string of the molecule is O=C(c1cn2ccsc2n1)N1CCCCC1CCOc1cccc(CN2CCN(c3cccc(Cl)c3)CC2)c1. The molecular weight excluding hydrogens is 530 g/mol. The van der Waals surface area contributed by atoms with Crippen LogP contribution in [0, 0.1) is 0 Å². The van der Waals surface area contributed by atoms with Crippen LogP contribution in [0.5, 0.6) is 5.75 Å². The molecule has 2 aliphatic heterocycles. The van der Waals surface area contributed by atoms with Gasteiger partial charge in [0.1, 0.15) is 11.4 Å². The van der Waals surface area contributed by atoms with Gasteiger partial charge < -0.3 is 14.5 Å². The Labute approximate surface area is 238 Å². The van der Waals surface area contributed by atoms with Gasteiger partial charge in [-0.05, 0) is 55.2 Å². The van der Waals surface area contributed by atoms with Crippen molar-refractivity contribution in [2.24, 2.45) is 0 Å². The number of fused-ring (bicyclic) bond motifs is 1. The molecule has 2 aromatic heterocycles. The van der Waals surface area contributed by atoms with Gasteiger partial charge in [0.2, 0.25) is 0 Å². The second kappa shape index (κ2) is 12.0. The van der Waals surface area contributed by atoms with Crippen molar-refractivity contribution in [3.63, 3.8) is 0 Å². The number of carbonyl (C=O) groups excluding carboxylic acids is 1. The lowest BCUT2D eigenvalue weighted by Crippen LogP contribution is -2.45. The number of hydrogen-bond donors (Lipinski definition) is 0. The molecule has 2 aliphatic rings. The first-order chi connectivity index (χ1) is 19.1. The zero-order valence-corrected chi connectivity index (χ0v) is 23.6. The molecule has 0 bridgehead atoms. The third-order valence-electron chi connectivity index (χ3n) is 7.77. The maximum atomic E-state index is 13.3. The minimum atomic E-state index is 0.0352. The van der Waals surface area contributed by atoms with Crippen LogP contribution in [0.15, 0.2) is 66.3 Å². The Morgan fingerprint density at radius 1 is 1.05 bits per heavy atom. The van der Waals surface area contributed by atoms with Gasteiger partial charge >= 0.3 is 0 Å². The van der Waals surface area contributed by atoms with E-state index in [1.165, 1.54) is 11.3 Å². The number of carbonyl (C=O) groups is 1. The van der Waals surface area contributed by atoms with Crippen LogP contribution in [0.25, 0.3) is 4.96 Å². The monoisotopic (exact) mass is 563 g/mol. The van der Waals surface area contributed by atoms with Gasteiger partial charge in [-0.2, -0.15) is 0 Å². The maximum absolute atomic E-state index is 13.3. The Morgan fingerprint density at radius 2 is 1.92 bits per heavy atom. The third-order valence-corrected chi connectivity index (χ3v) is 8.78. The summed E-state index contributed by atoms with van der Waals surface area (Å²) in [6.45, 7) is 6.29. The minimum absolute atomic E-state index is 0.0352. The Bertz CT molecular complexity index is 1380. The number of thiazole rings is 1. The van der Waals surface area contributed by atoms with Crippen molar-refractivity contribution in [3.8, 4) is 5.75 Å². The normalized spacial score (nSPS) is 18.5. The van der Waals surface area contributed by atoms with E-state index < -0.39 is 0 Å². The molecule has 1 unspecified atom stereocenters. The van der Waals surface area contributed by atoms with Crippen LogP contribution in [-0.2, 0) is 6.54 Å². The number of piperazine rings is 1. The number of hydrogen-bond acceptors (Lipinski definition) is 6. The first kappa shape index (κ1) is 26.2. The number of piperidine rings is 1. The summed E-state index contributed by atoms with van der Waals surface area (Å²) in [6, 6.07) is 16.7. The van der Waals surface area contributed by atoms with Crippen molar-refractivity contribution in [2.45, 2.75) is 38.3 Å². The molecule has 0 saturated carbocycles. The van der Waals surface area contributed by atoms with Gasteiger partial charge in [0.05, 0.1) is 6.61 Å². The first-order valence-corrected chi connectivity index (χ1v) is 15.1. The van der Waals surface area contributed by atoms with Crippen molar-refractivity contribution in [1.29, 1.82) is 0 Å². The maximum Gasteiger partial charge on any atom is 0.274 e. The fourth-order valence-corrected chi connectivity index (χ4v) is 6.57. The fraction of sp³-hybridized carbons (Fsp3) is 0.400. The Hall–Kier alpha value is -3.07. The highest BCUT2D eigenvalue weighted by Gasteiger charge is 2.29. The molecule has 4 heterocycles. The van der Waals surface area contributed by atoms with Crippen molar-refractivity contribution in [2.75, 3.05) is 44.2 Å². The molecule has 9 heteroatoms. The number of imidazole rings is 1. The smallest absolute Gasteiger partial charge is 0.274 e. The van der Waals surface area contributed by atoms with Gasteiger partial charge in [0, 0.05) is 80.2 Å². The molecular formula is C30H34ClN5O2S. The van der Waals surface area contributed by atoms with Gasteiger partial charge in [-0.15, -0.1) is 11.3 Å². The number of aromatic nitrogens is 2. The Kier molecular flexibility index (Phi) is 8.04. The molecule has 2 fully saturated rings. The fourth-order valence-electron chi connectivity index (χ4n) is 5.69. The van der Waals surface area contributed by atoms with Crippen LogP contribution >= 0.6 is 22.9 Å². The second-order valence-corrected chi connectivity index (χ2v) is 11.7. The van der Waals surface area contributed by atoms with Crippen LogP contribution in [0.2, 0.25) is 5.02 Å². The minimum Gasteiger partial charge on any atom is -0.494 e. The van der Waals surface area contributed by atoms with Gasteiger partial charge in [0.15, 0.2) is 4.96 Å². The van der Waals surface area contributed by atoms with Crippen LogP contribution in [0.1, 0.15) is 41.7 Å². The number of ether oxygens (including phenoxy) is 1. The summed E-state index contributed by atoms with van der Waals surface area (Å²) >= 11 is 7.73. The molecule has 7 nitrogen and oxygen atoms in total. The number of nitrogens with zero attached hydrogens (tertiary/aromatic N) is 5. The van der Waals surface area contributed by atoms with E-state index in [2.05, 4.69) is 39.0 Å². The zero-order chi connectivity index (χ0) is 26.6.